The molecule has 2 rings (SSSR count). The van der Waals surface area contributed by atoms with Gasteiger partial charge in [0.25, 0.3) is 0 Å². The molecule has 0 aliphatic rings. The van der Waals surface area contributed by atoms with Crippen LogP contribution in [0.2, 0.25) is 0 Å². The molecule has 0 unspecified atom stereocenters. The van der Waals surface area contributed by atoms with Crippen LogP contribution in [0, 0.1) is 0 Å². The Morgan fingerprint density at radius 2 is 2.40 bits per heavy atom. The monoisotopic (exact) mass is 285 g/mol. The predicted molar refractivity (Wildman–Crippen MR) is 66.0 cm³/mol. The summed E-state index contributed by atoms with van der Waals surface area (Å²) in [5, 5.41) is 3.40. The average Bonchev–Trinajstić information content (AvgIpc) is 2.84. The quantitative estimate of drug-likeness (QED) is 0.829. The minimum Gasteiger partial charge on any atom is -0.348 e. The number of nitrogens with one attached hydrogen (secondary N) is 2. The lowest BCUT2D eigenvalue weighted by atomic mass is 10.3. The Labute approximate surface area is 101 Å². The van der Waals surface area contributed by atoms with E-state index in [1.54, 1.807) is 17.7 Å². The van der Waals surface area contributed by atoms with Crippen LogP contribution >= 0.6 is 27.3 Å². The van der Waals surface area contributed by atoms with Gasteiger partial charge in [-0.2, -0.15) is 0 Å². The average molecular weight is 286 g/mol. The molecule has 0 saturated heterocycles. The molecule has 5 heteroatoms. The number of imidazole rings is 1. The highest BCUT2D eigenvalue weighted by atomic mass is 79.9. The van der Waals surface area contributed by atoms with E-state index in [0.29, 0.717) is 0 Å². The number of aromatic nitrogens is 2. The van der Waals surface area contributed by atoms with Gasteiger partial charge >= 0.3 is 0 Å². The van der Waals surface area contributed by atoms with E-state index >= 15 is 0 Å². The largest absolute Gasteiger partial charge is 0.348 e. The summed E-state index contributed by atoms with van der Waals surface area (Å²) in [7, 11) is 0. The van der Waals surface area contributed by atoms with Crippen molar-refractivity contribution in [3.8, 4) is 0 Å². The molecular formula is C10H12BrN3S. The van der Waals surface area contributed by atoms with Crippen molar-refractivity contribution in [2.24, 2.45) is 0 Å². The third-order valence-corrected chi connectivity index (χ3v) is 3.68. The Hall–Kier alpha value is -0.650. The van der Waals surface area contributed by atoms with E-state index in [1.165, 1.54) is 14.4 Å². The number of hydrogen-bond acceptors (Lipinski definition) is 3. The molecule has 0 spiro atoms. The molecule has 0 aliphatic carbocycles. The summed E-state index contributed by atoms with van der Waals surface area (Å²) in [6.07, 6.45) is 4.57. The Morgan fingerprint density at radius 3 is 3.07 bits per heavy atom. The molecule has 2 N–H and O–H groups in total. The number of hydrogen-bond donors (Lipinski definition) is 2. The molecule has 0 aliphatic heterocycles. The first kappa shape index (κ1) is 10.9. The van der Waals surface area contributed by atoms with Gasteiger partial charge in [-0.25, -0.2) is 4.98 Å². The summed E-state index contributed by atoms with van der Waals surface area (Å²) in [5.74, 6) is 0. The van der Waals surface area contributed by atoms with Gasteiger partial charge in [0.1, 0.15) is 0 Å². The third kappa shape index (κ3) is 3.44. The van der Waals surface area contributed by atoms with E-state index < -0.39 is 0 Å². The molecular weight excluding hydrogens is 274 g/mol. The van der Waals surface area contributed by atoms with E-state index in [-0.39, 0.29) is 0 Å². The fraction of sp³-hybridized carbons (Fsp3) is 0.300. The number of nitrogens with zero attached hydrogens (tertiary/aromatic N) is 1. The summed E-state index contributed by atoms with van der Waals surface area (Å²) in [4.78, 5) is 8.41. The fourth-order valence-electron chi connectivity index (χ4n) is 1.30. The van der Waals surface area contributed by atoms with Crippen molar-refractivity contribution in [2.45, 2.75) is 13.0 Å². The Morgan fingerprint density at radius 1 is 1.47 bits per heavy atom. The summed E-state index contributed by atoms with van der Waals surface area (Å²) >= 11 is 5.22. The van der Waals surface area contributed by atoms with E-state index in [0.717, 1.165) is 19.5 Å². The highest BCUT2D eigenvalue weighted by molar-refractivity contribution is 9.11. The summed E-state index contributed by atoms with van der Waals surface area (Å²) in [6, 6.07) is 4.22. The second-order valence-corrected chi connectivity index (χ2v) is 5.76. The molecule has 0 saturated carbocycles. The Balaban J connectivity index is 1.67. The molecule has 0 atom stereocenters. The number of thiophene rings is 1. The van der Waals surface area contributed by atoms with Gasteiger partial charge in [-0.05, 0) is 28.1 Å². The zero-order valence-electron chi connectivity index (χ0n) is 8.16. The van der Waals surface area contributed by atoms with Crippen molar-refractivity contribution in [3.63, 3.8) is 0 Å². The number of aromatic amines is 1. The molecule has 0 bridgehead atoms. The van der Waals surface area contributed by atoms with Crippen LogP contribution in [0.25, 0.3) is 0 Å². The van der Waals surface area contributed by atoms with Crippen molar-refractivity contribution in [3.05, 3.63) is 39.0 Å². The van der Waals surface area contributed by atoms with Gasteiger partial charge in [-0.1, -0.05) is 0 Å². The maximum Gasteiger partial charge on any atom is 0.0921 e. The lowest BCUT2D eigenvalue weighted by Crippen LogP contribution is -2.15. The van der Waals surface area contributed by atoms with Crippen LogP contribution in [0.15, 0.2) is 28.4 Å². The van der Waals surface area contributed by atoms with Gasteiger partial charge in [0.05, 0.1) is 10.1 Å². The van der Waals surface area contributed by atoms with Gasteiger partial charge in [0.2, 0.25) is 0 Å². The second kappa shape index (κ2) is 5.44. The first-order valence-corrected chi connectivity index (χ1v) is 6.38. The van der Waals surface area contributed by atoms with Crippen molar-refractivity contribution in [1.82, 2.24) is 15.3 Å². The minimum atomic E-state index is 0.935. The Kier molecular flexibility index (Phi) is 3.94. The molecule has 0 aromatic carbocycles. The molecule has 0 fully saturated rings. The second-order valence-electron chi connectivity index (χ2n) is 3.21. The molecule has 2 heterocycles. The summed E-state index contributed by atoms with van der Waals surface area (Å²) in [5.41, 5.74) is 1.18. The maximum atomic E-state index is 3.97. The maximum absolute atomic E-state index is 3.97. The number of H-pyrrole nitrogens is 1. The highest BCUT2D eigenvalue weighted by Gasteiger charge is 1.97. The molecule has 0 amide bonds. The topological polar surface area (TPSA) is 40.7 Å². The number of rotatable bonds is 5. The standard InChI is InChI=1S/C10H12BrN3S/c11-10-2-1-9(15-10)6-12-4-3-8-5-13-7-14-8/h1-2,5,7,12H,3-4,6H2,(H,13,14). The molecule has 2 aromatic rings. The molecule has 3 nitrogen and oxygen atoms in total. The van der Waals surface area contributed by atoms with Gasteiger partial charge < -0.3 is 10.3 Å². The predicted octanol–water partition coefficient (Wildman–Crippen LogP) is 2.57. The van der Waals surface area contributed by atoms with Crippen molar-refractivity contribution < 1.29 is 0 Å². The van der Waals surface area contributed by atoms with E-state index in [2.05, 4.69) is 43.3 Å². The minimum absolute atomic E-state index is 0.935. The summed E-state index contributed by atoms with van der Waals surface area (Å²) < 4.78 is 1.19. The van der Waals surface area contributed by atoms with Crippen molar-refractivity contribution in [2.75, 3.05) is 6.54 Å². The fourth-order valence-corrected chi connectivity index (χ4v) is 2.76. The SMILES string of the molecule is Brc1ccc(CNCCc2cnc[nH]2)s1. The zero-order chi connectivity index (χ0) is 10.5. The van der Waals surface area contributed by atoms with E-state index in [4.69, 9.17) is 0 Å². The van der Waals surface area contributed by atoms with Crippen LogP contribution < -0.4 is 5.32 Å². The van der Waals surface area contributed by atoms with Crippen LogP contribution in [0.5, 0.6) is 0 Å². The first-order valence-electron chi connectivity index (χ1n) is 4.77. The first-order chi connectivity index (χ1) is 7.34. The van der Waals surface area contributed by atoms with Crippen LogP contribution in [0.1, 0.15) is 10.6 Å². The lowest BCUT2D eigenvalue weighted by Gasteiger charge is -2.00. The Bertz CT molecular complexity index is 396. The van der Waals surface area contributed by atoms with Gasteiger partial charge in [0, 0.05) is 36.3 Å². The van der Waals surface area contributed by atoms with E-state index in [1.807, 2.05) is 6.20 Å². The molecule has 15 heavy (non-hydrogen) atoms. The van der Waals surface area contributed by atoms with Crippen LogP contribution in [-0.4, -0.2) is 16.5 Å². The zero-order valence-corrected chi connectivity index (χ0v) is 10.6. The highest BCUT2D eigenvalue weighted by Crippen LogP contribution is 2.21. The van der Waals surface area contributed by atoms with Gasteiger partial charge in [-0.15, -0.1) is 11.3 Å². The summed E-state index contributed by atoms with van der Waals surface area (Å²) in [6.45, 7) is 1.90. The van der Waals surface area contributed by atoms with Crippen LogP contribution in [0.4, 0.5) is 0 Å². The normalized spacial score (nSPS) is 10.7. The number of halogens is 1. The van der Waals surface area contributed by atoms with Gasteiger partial charge in [-0.3, -0.25) is 0 Å². The van der Waals surface area contributed by atoms with E-state index in [9.17, 15) is 0 Å². The molecule has 0 radical (unpaired) electrons. The third-order valence-electron chi connectivity index (χ3n) is 2.05. The van der Waals surface area contributed by atoms with Crippen molar-refractivity contribution >= 4 is 27.3 Å². The smallest absolute Gasteiger partial charge is 0.0921 e. The van der Waals surface area contributed by atoms with Crippen LogP contribution in [0.3, 0.4) is 0 Å². The van der Waals surface area contributed by atoms with Gasteiger partial charge in [0.15, 0.2) is 0 Å². The lowest BCUT2D eigenvalue weighted by molar-refractivity contribution is 0.687. The van der Waals surface area contributed by atoms with Crippen molar-refractivity contribution in [1.29, 1.82) is 0 Å². The van der Waals surface area contributed by atoms with Crippen LogP contribution in [-0.2, 0) is 13.0 Å². The molecule has 2 aromatic heterocycles. The molecule has 80 valence electrons.